The van der Waals surface area contributed by atoms with Crippen molar-refractivity contribution >= 4 is 19.8 Å². The molecule has 3 N–H and O–H groups in total. The quantitative estimate of drug-likeness (QED) is 0.284. The Morgan fingerprint density at radius 1 is 1.30 bits per heavy atom. The molecule has 20 heavy (non-hydrogen) atoms. The number of nitro benzene ring substituents is 1. The van der Waals surface area contributed by atoms with Gasteiger partial charge in [-0.1, -0.05) is 0 Å². The Hall–Kier alpha value is -1.80. The normalized spacial score (nSPS) is 11.1. The number of non-ortho nitro benzene ring substituents is 1. The molecule has 1 rings (SSSR count). The van der Waals surface area contributed by atoms with E-state index in [0.717, 1.165) is 12.1 Å². The first kappa shape index (κ1) is 16.3. The summed E-state index contributed by atoms with van der Waals surface area (Å²) in [6, 6.07) is 4.67. The highest BCUT2D eigenvalue weighted by Gasteiger charge is 2.41. The van der Waals surface area contributed by atoms with Crippen LogP contribution in [-0.4, -0.2) is 32.4 Å². The topological polar surface area (TPSA) is 139 Å². The Balaban J connectivity index is 2.48. The van der Waals surface area contributed by atoms with Crippen molar-refractivity contribution in [3.63, 3.8) is 0 Å². The van der Waals surface area contributed by atoms with Crippen molar-refractivity contribution < 1.29 is 33.7 Å². The van der Waals surface area contributed by atoms with E-state index in [1.54, 1.807) is 0 Å². The lowest BCUT2D eigenvalue weighted by atomic mass is 10.3. The number of nitrogens with zero attached hydrogens (tertiary/aromatic N) is 1. The average Bonchev–Trinajstić information content (AvgIpc) is 2.34. The molecule has 0 saturated carbocycles. The summed E-state index contributed by atoms with van der Waals surface area (Å²) in [5, 5.41) is 18.8. The van der Waals surface area contributed by atoms with Gasteiger partial charge in [-0.25, -0.2) is 0 Å². The molecule has 0 amide bonds. The fourth-order valence-electron chi connectivity index (χ4n) is 1.20. The molecule has 0 radical (unpaired) electrons. The Bertz CT molecular complexity index is 475. The molecule has 10 heteroatoms. The second-order valence-corrected chi connectivity index (χ2v) is 5.09. The molecule has 0 bridgehead atoms. The molecule has 1 aromatic rings. The maximum Gasteiger partial charge on any atom is 0.616 e. The van der Waals surface area contributed by atoms with Gasteiger partial charge in [-0.2, -0.15) is 9.79 Å². The summed E-state index contributed by atoms with van der Waals surface area (Å²) < 4.78 is 9.44. The maximum atomic E-state index is 10.4. The standard InChI is InChI=1S/C10H12NO8P/c12-10(13)2-1-7-18-20(16,17)19-9-5-3-8(4-6-9)11(14)15/h3-6,16-17H,1-2,7H2/p+1. The van der Waals surface area contributed by atoms with Gasteiger partial charge in [0.25, 0.3) is 5.69 Å². The molecule has 0 saturated heterocycles. The zero-order chi connectivity index (χ0) is 15.2. The van der Waals surface area contributed by atoms with Gasteiger partial charge in [-0.15, -0.1) is 4.52 Å². The van der Waals surface area contributed by atoms with Crippen molar-refractivity contribution in [3.05, 3.63) is 34.4 Å². The van der Waals surface area contributed by atoms with Crippen LogP contribution < -0.4 is 4.52 Å². The zero-order valence-corrected chi connectivity index (χ0v) is 11.1. The molecule has 110 valence electrons. The smallest absolute Gasteiger partial charge is 0.481 e. The highest BCUT2D eigenvalue weighted by molar-refractivity contribution is 7.54. The number of nitro groups is 1. The molecule has 0 heterocycles. The molecule has 0 aromatic heterocycles. The van der Waals surface area contributed by atoms with E-state index >= 15 is 0 Å². The van der Waals surface area contributed by atoms with Crippen LogP contribution in [0, 0.1) is 10.1 Å². The van der Waals surface area contributed by atoms with E-state index in [9.17, 15) is 24.7 Å². The minimum atomic E-state index is -4.13. The fourth-order valence-corrected chi connectivity index (χ4v) is 2.02. The van der Waals surface area contributed by atoms with Gasteiger partial charge in [0.15, 0.2) is 5.75 Å². The van der Waals surface area contributed by atoms with Crippen molar-refractivity contribution in [1.29, 1.82) is 0 Å². The molecule has 0 aliphatic heterocycles. The second-order valence-electron chi connectivity index (χ2n) is 3.66. The molecule has 0 fully saturated rings. The molecule has 0 aliphatic carbocycles. The van der Waals surface area contributed by atoms with E-state index in [0.29, 0.717) is 0 Å². The first-order valence-electron chi connectivity index (χ1n) is 5.45. The summed E-state index contributed by atoms with van der Waals surface area (Å²) in [7, 11) is -4.13. The van der Waals surface area contributed by atoms with Crippen molar-refractivity contribution in [1.82, 2.24) is 0 Å². The Morgan fingerprint density at radius 2 is 1.90 bits per heavy atom. The van der Waals surface area contributed by atoms with Crippen LogP contribution in [-0.2, 0) is 9.32 Å². The summed E-state index contributed by atoms with van der Waals surface area (Å²) >= 11 is 0. The maximum absolute atomic E-state index is 10.4. The Morgan fingerprint density at radius 3 is 2.40 bits per heavy atom. The summed E-state index contributed by atoms with van der Waals surface area (Å²) in [6.07, 6.45) is -0.0701. The van der Waals surface area contributed by atoms with Crippen LogP contribution in [0.4, 0.5) is 5.69 Å². The third kappa shape index (κ3) is 5.89. The van der Waals surface area contributed by atoms with Gasteiger partial charge < -0.3 is 5.11 Å². The zero-order valence-electron chi connectivity index (χ0n) is 10.2. The van der Waals surface area contributed by atoms with Crippen molar-refractivity contribution in [2.45, 2.75) is 12.8 Å². The number of hydrogen-bond donors (Lipinski definition) is 3. The third-order valence-corrected chi connectivity index (χ3v) is 3.03. The minimum absolute atomic E-state index is 0.00725. The van der Waals surface area contributed by atoms with Crippen LogP contribution in [0.25, 0.3) is 0 Å². The average molecular weight is 306 g/mol. The van der Waals surface area contributed by atoms with Crippen LogP contribution >= 0.6 is 8.17 Å². The van der Waals surface area contributed by atoms with Crippen LogP contribution in [0.15, 0.2) is 24.3 Å². The monoisotopic (exact) mass is 306 g/mol. The number of carboxylic acids is 1. The predicted octanol–water partition coefficient (Wildman–Crippen LogP) is 1.52. The van der Waals surface area contributed by atoms with Crippen LogP contribution in [0.2, 0.25) is 0 Å². The van der Waals surface area contributed by atoms with E-state index < -0.39 is 19.1 Å². The molecule has 0 atom stereocenters. The predicted molar refractivity (Wildman–Crippen MR) is 67.9 cm³/mol. The van der Waals surface area contributed by atoms with E-state index in [4.69, 9.17) is 9.63 Å². The fraction of sp³-hybridized carbons (Fsp3) is 0.300. The SMILES string of the molecule is O=C(O)CCCO[P+](O)(O)Oc1ccc([N+](=O)[O-])cc1. The van der Waals surface area contributed by atoms with Gasteiger partial charge in [0.1, 0.15) is 6.61 Å². The molecular weight excluding hydrogens is 293 g/mol. The first-order valence-corrected chi connectivity index (χ1v) is 6.98. The second kappa shape index (κ2) is 7.11. The molecule has 0 unspecified atom stereocenters. The number of benzene rings is 1. The van der Waals surface area contributed by atoms with Gasteiger partial charge in [-0.05, 0) is 18.6 Å². The molecular formula is C10H13NO8P+. The molecule has 0 aliphatic rings. The number of rotatable bonds is 8. The first-order chi connectivity index (χ1) is 9.30. The Labute approximate surface area is 114 Å². The van der Waals surface area contributed by atoms with Gasteiger partial charge in [0.05, 0.1) is 4.92 Å². The van der Waals surface area contributed by atoms with E-state index in [1.807, 2.05) is 0 Å². The number of aliphatic carboxylic acids is 1. The third-order valence-electron chi connectivity index (χ3n) is 2.07. The van der Waals surface area contributed by atoms with E-state index in [2.05, 4.69) is 4.52 Å². The lowest BCUT2D eigenvalue weighted by Crippen LogP contribution is -2.07. The summed E-state index contributed by atoms with van der Waals surface area (Å²) in [4.78, 5) is 39.0. The summed E-state index contributed by atoms with van der Waals surface area (Å²) in [5.41, 5.74) is -0.167. The minimum Gasteiger partial charge on any atom is -0.481 e. The van der Waals surface area contributed by atoms with E-state index in [-0.39, 0.29) is 30.9 Å². The van der Waals surface area contributed by atoms with Crippen molar-refractivity contribution in [2.75, 3.05) is 6.61 Å². The number of carbonyl (C=O) groups is 1. The highest BCUT2D eigenvalue weighted by atomic mass is 31.2. The lowest BCUT2D eigenvalue weighted by molar-refractivity contribution is -0.384. The molecule has 9 nitrogen and oxygen atoms in total. The van der Waals surface area contributed by atoms with Crippen LogP contribution in [0.5, 0.6) is 5.75 Å². The highest BCUT2D eigenvalue weighted by Crippen LogP contribution is 2.52. The van der Waals surface area contributed by atoms with Crippen molar-refractivity contribution in [2.24, 2.45) is 0 Å². The number of carboxylic acid groups (broad SMARTS) is 1. The van der Waals surface area contributed by atoms with Gasteiger partial charge in [0, 0.05) is 18.6 Å². The summed E-state index contributed by atoms with van der Waals surface area (Å²) in [5.74, 6) is -1.03. The summed E-state index contributed by atoms with van der Waals surface area (Å²) in [6.45, 7) is -0.194. The van der Waals surface area contributed by atoms with Crippen molar-refractivity contribution in [3.8, 4) is 5.75 Å². The van der Waals surface area contributed by atoms with Crippen LogP contribution in [0.3, 0.4) is 0 Å². The van der Waals surface area contributed by atoms with Gasteiger partial charge in [-0.3, -0.25) is 19.4 Å². The lowest BCUT2D eigenvalue weighted by Gasteiger charge is -2.09. The number of hydrogen-bond acceptors (Lipinski definition) is 7. The van der Waals surface area contributed by atoms with Crippen LogP contribution in [0.1, 0.15) is 12.8 Å². The Kier molecular flexibility index (Phi) is 5.78. The largest absolute Gasteiger partial charge is 0.616 e. The van der Waals surface area contributed by atoms with Gasteiger partial charge >= 0.3 is 14.1 Å². The molecule has 0 spiro atoms. The molecule has 1 aromatic carbocycles. The van der Waals surface area contributed by atoms with Gasteiger partial charge in [0.2, 0.25) is 0 Å². The van der Waals surface area contributed by atoms with E-state index in [1.165, 1.54) is 12.1 Å².